The van der Waals surface area contributed by atoms with Crippen LogP contribution in [0.4, 0.5) is 0 Å². The first-order valence-electron chi connectivity index (χ1n) is 7.85. The first kappa shape index (κ1) is 15.4. The summed E-state index contributed by atoms with van der Waals surface area (Å²) >= 11 is 1.67. The van der Waals surface area contributed by atoms with E-state index in [0.29, 0.717) is 12.1 Å². The molecule has 1 N–H and O–H groups in total. The van der Waals surface area contributed by atoms with Crippen molar-refractivity contribution in [1.29, 1.82) is 5.26 Å². The number of nitrogens with zero attached hydrogens (tertiary/aromatic N) is 2. The van der Waals surface area contributed by atoms with Crippen molar-refractivity contribution in [2.75, 3.05) is 7.11 Å². The fraction of sp³-hybridized carbons (Fsp3) is 0.100. The number of rotatable bonds is 4. The monoisotopic (exact) mass is 345 g/mol. The van der Waals surface area contributed by atoms with Crippen molar-refractivity contribution in [3.05, 3.63) is 70.2 Å². The quantitative estimate of drug-likeness (QED) is 0.580. The van der Waals surface area contributed by atoms with Gasteiger partial charge in [-0.3, -0.25) is 0 Å². The zero-order valence-corrected chi connectivity index (χ0v) is 14.4. The van der Waals surface area contributed by atoms with Crippen LogP contribution < -0.4 is 4.74 Å². The van der Waals surface area contributed by atoms with Crippen molar-refractivity contribution in [2.24, 2.45) is 0 Å². The van der Waals surface area contributed by atoms with Gasteiger partial charge in [0.15, 0.2) is 0 Å². The lowest BCUT2D eigenvalue weighted by atomic mass is 10.0. The van der Waals surface area contributed by atoms with E-state index in [1.165, 1.54) is 5.56 Å². The molecular weight excluding hydrogens is 330 g/mol. The Kier molecular flexibility index (Phi) is 3.96. The van der Waals surface area contributed by atoms with E-state index >= 15 is 0 Å². The van der Waals surface area contributed by atoms with Gasteiger partial charge in [-0.1, -0.05) is 6.07 Å². The number of fused-ring (bicyclic) bond motifs is 1. The van der Waals surface area contributed by atoms with Gasteiger partial charge in [0.05, 0.1) is 12.8 Å². The Hall–Kier alpha value is -3.10. The number of aromatic nitrogens is 2. The van der Waals surface area contributed by atoms with Gasteiger partial charge < -0.3 is 9.72 Å². The highest BCUT2D eigenvalue weighted by atomic mass is 32.1. The fourth-order valence-electron chi connectivity index (χ4n) is 3.02. The van der Waals surface area contributed by atoms with E-state index in [-0.39, 0.29) is 0 Å². The Bertz CT molecular complexity index is 1070. The van der Waals surface area contributed by atoms with Crippen molar-refractivity contribution < 1.29 is 4.74 Å². The molecule has 5 heteroatoms. The molecule has 0 spiro atoms. The molecule has 0 aliphatic carbocycles. The zero-order chi connectivity index (χ0) is 17.2. The SMILES string of the molecule is COc1ccc2c(Cc3cccc(C#N)n3)c(-c3ccsc3)[nH]c2c1. The second-order valence-electron chi connectivity index (χ2n) is 5.70. The highest BCUT2D eigenvalue weighted by Gasteiger charge is 2.15. The number of nitriles is 1. The number of H-pyrrole nitrogens is 1. The molecule has 0 atom stereocenters. The third-order valence-electron chi connectivity index (χ3n) is 4.20. The minimum atomic E-state index is 0.441. The van der Waals surface area contributed by atoms with Gasteiger partial charge in [-0.05, 0) is 41.3 Å². The van der Waals surface area contributed by atoms with Gasteiger partial charge in [-0.25, -0.2) is 4.98 Å². The number of thiophene rings is 1. The zero-order valence-electron chi connectivity index (χ0n) is 13.6. The summed E-state index contributed by atoms with van der Waals surface area (Å²) in [5.74, 6) is 0.821. The van der Waals surface area contributed by atoms with Gasteiger partial charge in [0, 0.05) is 40.0 Å². The van der Waals surface area contributed by atoms with Crippen molar-refractivity contribution in [2.45, 2.75) is 6.42 Å². The topological polar surface area (TPSA) is 61.7 Å². The molecule has 0 bridgehead atoms. The van der Waals surface area contributed by atoms with E-state index in [1.54, 1.807) is 24.5 Å². The molecule has 4 nitrogen and oxygen atoms in total. The number of aromatic amines is 1. The molecule has 0 unspecified atom stereocenters. The Balaban J connectivity index is 1.88. The van der Waals surface area contributed by atoms with Crippen LogP contribution in [0.15, 0.2) is 53.2 Å². The predicted molar refractivity (Wildman–Crippen MR) is 99.9 cm³/mol. The normalized spacial score (nSPS) is 10.7. The summed E-state index contributed by atoms with van der Waals surface area (Å²) in [6.07, 6.45) is 0.660. The number of methoxy groups -OCH3 is 1. The lowest BCUT2D eigenvalue weighted by molar-refractivity contribution is 0.415. The number of ether oxygens (including phenoxy) is 1. The average molecular weight is 345 g/mol. The van der Waals surface area contributed by atoms with Crippen molar-refractivity contribution >= 4 is 22.2 Å². The molecule has 0 radical (unpaired) electrons. The molecular formula is C20H15N3OS. The number of pyridine rings is 1. The molecule has 3 heterocycles. The molecule has 4 aromatic rings. The van der Waals surface area contributed by atoms with Crippen LogP contribution in [-0.2, 0) is 6.42 Å². The van der Waals surface area contributed by atoms with E-state index in [1.807, 2.05) is 24.3 Å². The second-order valence-corrected chi connectivity index (χ2v) is 6.48. The Morgan fingerprint density at radius 2 is 2.16 bits per heavy atom. The highest BCUT2D eigenvalue weighted by molar-refractivity contribution is 7.08. The first-order valence-corrected chi connectivity index (χ1v) is 8.80. The van der Waals surface area contributed by atoms with E-state index in [0.717, 1.165) is 33.6 Å². The van der Waals surface area contributed by atoms with E-state index in [4.69, 9.17) is 10.00 Å². The Morgan fingerprint density at radius 3 is 2.92 bits per heavy atom. The van der Waals surface area contributed by atoms with Crippen LogP contribution in [0.25, 0.3) is 22.2 Å². The summed E-state index contributed by atoms with van der Waals surface area (Å²) in [5, 5.41) is 14.4. The maximum Gasteiger partial charge on any atom is 0.140 e. The largest absolute Gasteiger partial charge is 0.497 e. The van der Waals surface area contributed by atoms with Crippen LogP contribution in [0.3, 0.4) is 0 Å². The third kappa shape index (κ3) is 2.88. The van der Waals surface area contributed by atoms with Crippen LogP contribution in [0, 0.1) is 11.3 Å². The molecule has 3 aromatic heterocycles. The van der Waals surface area contributed by atoms with Crippen LogP contribution in [0.5, 0.6) is 5.75 Å². The van der Waals surface area contributed by atoms with Gasteiger partial charge in [-0.15, -0.1) is 0 Å². The van der Waals surface area contributed by atoms with E-state index in [9.17, 15) is 0 Å². The number of nitrogens with one attached hydrogen (secondary N) is 1. The van der Waals surface area contributed by atoms with Crippen LogP contribution in [0.2, 0.25) is 0 Å². The van der Waals surface area contributed by atoms with Crippen LogP contribution in [-0.4, -0.2) is 17.1 Å². The lowest BCUT2D eigenvalue weighted by Crippen LogP contribution is -1.95. The summed E-state index contributed by atoms with van der Waals surface area (Å²) in [6.45, 7) is 0. The van der Waals surface area contributed by atoms with Gasteiger partial charge >= 0.3 is 0 Å². The second kappa shape index (κ2) is 6.42. The molecule has 0 aliphatic heterocycles. The maximum absolute atomic E-state index is 9.09. The minimum Gasteiger partial charge on any atom is -0.497 e. The Morgan fingerprint density at radius 1 is 1.24 bits per heavy atom. The number of hydrogen-bond acceptors (Lipinski definition) is 4. The Labute approximate surface area is 149 Å². The summed E-state index contributed by atoms with van der Waals surface area (Å²) in [5.41, 5.74) is 5.79. The van der Waals surface area contributed by atoms with Gasteiger partial charge in [0.2, 0.25) is 0 Å². The number of benzene rings is 1. The van der Waals surface area contributed by atoms with E-state index < -0.39 is 0 Å². The maximum atomic E-state index is 9.09. The summed E-state index contributed by atoms with van der Waals surface area (Å²) < 4.78 is 5.34. The highest BCUT2D eigenvalue weighted by Crippen LogP contribution is 2.34. The lowest BCUT2D eigenvalue weighted by Gasteiger charge is -2.04. The molecule has 1 aromatic carbocycles. The van der Waals surface area contributed by atoms with Crippen molar-refractivity contribution in [1.82, 2.24) is 9.97 Å². The van der Waals surface area contributed by atoms with Gasteiger partial charge in [-0.2, -0.15) is 16.6 Å². The van der Waals surface area contributed by atoms with Gasteiger partial charge in [0.25, 0.3) is 0 Å². The molecule has 0 aliphatic rings. The molecule has 122 valence electrons. The average Bonchev–Trinajstić information content (AvgIpc) is 3.29. The summed E-state index contributed by atoms with van der Waals surface area (Å²) in [4.78, 5) is 7.96. The van der Waals surface area contributed by atoms with Gasteiger partial charge in [0.1, 0.15) is 17.5 Å². The minimum absolute atomic E-state index is 0.441. The van der Waals surface area contributed by atoms with Crippen molar-refractivity contribution in [3.63, 3.8) is 0 Å². The molecule has 0 saturated heterocycles. The van der Waals surface area contributed by atoms with E-state index in [2.05, 4.69) is 38.9 Å². The molecule has 4 rings (SSSR count). The molecule has 0 amide bonds. The summed E-state index contributed by atoms with van der Waals surface area (Å²) in [6, 6.07) is 15.8. The first-order chi connectivity index (χ1) is 12.3. The molecule has 0 fully saturated rings. The standard InChI is InChI=1S/C20H15N3OS/c1-24-16-5-6-17-18(9-14-3-2-4-15(11-21)22-14)20(23-19(17)10-16)13-7-8-25-12-13/h2-8,10,12,23H,9H2,1H3. The van der Waals surface area contributed by atoms with Crippen molar-refractivity contribution in [3.8, 4) is 23.1 Å². The predicted octanol–water partition coefficient (Wildman–Crippen LogP) is 4.76. The summed E-state index contributed by atoms with van der Waals surface area (Å²) in [7, 11) is 1.67. The van der Waals surface area contributed by atoms with Crippen LogP contribution >= 0.6 is 11.3 Å². The fourth-order valence-corrected chi connectivity index (χ4v) is 3.67. The van der Waals surface area contributed by atoms with Crippen LogP contribution in [0.1, 0.15) is 17.0 Å². The molecule has 0 saturated carbocycles. The smallest absolute Gasteiger partial charge is 0.140 e. The molecule has 25 heavy (non-hydrogen) atoms. The third-order valence-corrected chi connectivity index (χ3v) is 4.89. The number of hydrogen-bond donors (Lipinski definition) is 1.